The van der Waals surface area contributed by atoms with Crippen LogP contribution in [0.2, 0.25) is 0 Å². The molecule has 2 rings (SSSR count). The molecule has 22 heavy (non-hydrogen) atoms. The van der Waals surface area contributed by atoms with Gasteiger partial charge in [0.05, 0.1) is 11.8 Å². The number of aromatic nitrogens is 2. The first-order valence-electron chi connectivity index (χ1n) is 6.97. The van der Waals surface area contributed by atoms with Crippen LogP contribution in [-0.2, 0) is 12.7 Å². The van der Waals surface area contributed by atoms with Gasteiger partial charge in [0, 0.05) is 12.7 Å². The summed E-state index contributed by atoms with van der Waals surface area (Å²) in [6, 6.07) is 8.06. The topological polar surface area (TPSA) is 50.1 Å². The third-order valence-electron chi connectivity index (χ3n) is 3.15. The Morgan fingerprint density at radius 1 is 1.23 bits per heavy atom. The van der Waals surface area contributed by atoms with Crippen LogP contribution < -0.4 is 5.32 Å². The van der Waals surface area contributed by atoms with Crippen molar-refractivity contribution in [1.29, 1.82) is 0 Å². The quantitative estimate of drug-likeness (QED) is 0.806. The molecule has 1 aromatic carbocycles. The van der Waals surface area contributed by atoms with Crippen molar-refractivity contribution >= 4 is 0 Å². The van der Waals surface area contributed by atoms with Gasteiger partial charge in [-0.3, -0.25) is 0 Å². The highest BCUT2D eigenvalue weighted by Gasteiger charge is 2.33. The summed E-state index contributed by atoms with van der Waals surface area (Å²) in [7, 11) is 0. The lowest BCUT2D eigenvalue weighted by Crippen LogP contribution is -2.18. The van der Waals surface area contributed by atoms with Crippen LogP contribution in [0.1, 0.15) is 24.6 Å². The number of benzene rings is 1. The van der Waals surface area contributed by atoms with Crippen LogP contribution in [0.5, 0.6) is 0 Å². The van der Waals surface area contributed by atoms with Crippen LogP contribution in [0.3, 0.4) is 0 Å². The van der Waals surface area contributed by atoms with Crippen molar-refractivity contribution < 1.29 is 18.3 Å². The molecule has 0 aliphatic rings. The lowest BCUT2D eigenvalue weighted by atomic mass is 10.2. The number of hydrogen-bond acceptors (Lipinski definition) is 3. The number of rotatable bonds is 6. The summed E-state index contributed by atoms with van der Waals surface area (Å²) in [5, 5.41) is 15.9. The van der Waals surface area contributed by atoms with Gasteiger partial charge < -0.3 is 10.4 Å². The number of hydrogen-bond donors (Lipinski definition) is 2. The molecule has 0 radical (unpaired) electrons. The minimum Gasteiger partial charge on any atom is -0.393 e. The molecule has 0 saturated carbocycles. The minimum atomic E-state index is -4.43. The average Bonchev–Trinajstić information content (AvgIpc) is 2.94. The van der Waals surface area contributed by atoms with Gasteiger partial charge in [-0.1, -0.05) is 12.1 Å². The second-order valence-electron chi connectivity index (χ2n) is 5.12. The Labute approximate surface area is 126 Å². The number of nitrogens with zero attached hydrogens (tertiary/aromatic N) is 2. The molecule has 0 amide bonds. The molecule has 1 atom stereocenters. The summed E-state index contributed by atoms with van der Waals surface area (Å²) in [5.74, 6) is 0. The van der Waals surface area contributed by atoms with E-state index in [4.69, 9.17) is 5.11 Å². The van der Waals surface area contributed by atoms with Gasteiger partial charge in [0.15, 0.2) is 5.69 Å². The second-order valence-corrected chi connectivity index (χ2v) is 5.12. The smallest absolute Gasteiger partial charge is 0.393 e. The Bertz CT molecular complexity index is 591. The van der Waals surface area contributed by atoms with E-state index in [1.165, 1.54) is 10.9 Å². The first-order chi connectivity index (χ1) is 10.4. The molecule has 1 unspecified atom stereocenters. The molecule has 1 aromatic heterocycles. The van der Waals surface area contributed by atoms with Crippen LogP contribution >= 0.6 is 0 Å². The summed E-state index contributed by atoms with van der Waals surface area (Å²) in [4.78, 5) is 0. The Morgan fingerprint density at radius 2 is 1.91 bits per heavy atom. The highest BCUT2D eigenvalue weighted by molar-refractivity contribution is 5.34. The first kappa shape index (κ1) is 16.5. The zero-order valence-electron chi connectivity index (χ0n) is 12.1. The standard InChI is InChI=1S/C15H18F3N3O/c1-11(22)6-8-19-10-12-2-4-13(5-3-12)21-9-7-14(20-21)15(16,17)18/h2-5,7,9,11,19,22H,6,8,10H2,1H3. The van der Waals surface area contributed by atoms with Gasteiger partial charge in [0.25, 0.3) is 0 Å². The third kappa shape index (κ3) is 4.57. The Balaban J connectivity index is 1.95. The fourth-order valence-corrected chi connectivity index (χ4v) is 1.93. The molecule has 0 bridgehead atoms. The van der Waals surface area contributed by atoms with E-state index in [0.29, 0.717) is 25.2 Å². The Morgan fingerprint density at radius 3 is 2.45 bits per heavy atom. The first-order valence-corrected chi connectivity index (χ1v) is 6.97. The molecule has 0 fully saturated rings. The molecule has 120 valence electrons. The maximum absolute atomic E-state index is 12.5. The molecule has 4 nitrogen and oxygen atoms in total. The van der Waals surface area contributed by atoms with Gasteiger partial charge in [0.2, 0.25) is 0 Å². The van der Waals surface area contributed by atoms with E-state index in [2.05, 4.69) is 10.4 Å². The molecule has 2 aromatic rings. The van der Waals surface area contributed by atoms with Crippen molar-refractivity contribution in [2.24, 2.45) is 0 Å². The van der Waals surface area contributed by atoms with Gasteiger partial charge in [-0.2, -0.15) is 18.3 Å². The number of aliphatic hydroxyl groups is 1. The van der Waals surface area contributed by atoms with Gasteiger partial charge in [-0.15, -0.1) is 0 Å². The molecule has 7 heteroatoms. The van der Waals surface area contributed by atoms with Crippen molar-refractivity contribution in [3.63, 3.8) is 0 Å². The number of aliphatic hydroxyl groups excluding tert-OH is 1. The molecular weight excluding hydrogens is 295 g/mol. The lowest BCUT2D eigenvalue weighted by molar-refractivity contribution is -0.141. The van der Waals surface area contributed by atoms with Crippen LogP contribution in [0.25, 0.3) is 5.69 Å². The van der Waals surface area contributed by atoms with Crippen LogP contribution in [-0.4, -0.2) is 27.5 Å². The van der Waals surface area contributed by atoms with Crippen LogP contribution in [0.15, 0.2) is 36.5 Å². The fourth-order valence-electron chi connectivity index (χ4n) is 1.93. The zero-order chi connectivity index (χ0) is 16.2. The molecule has 0 saturated heterocycles. The average molecular weight is 313 g/mol. The Kier molecular flexibility index (Phi) is 5.20. The monoisotopic (exact) mass is 313 g/mol. The van der Waals surface area contributed by atoms with Crippen molar-refractivity contribution in [3.8, 4) is 5.69 Å². The SMILES string of the molecule is CC(O)CCNCc1ccc(-n2ccc(C(F)(F)F)n2)cc1. The molecular formula is C15H18F3N3O. The van der Waals surface area contributed by atoms with Crippen molar-refractivity contribution in [1.82, 2.24) is 15.1 Å². The largest absolute Gasteiger partial charge is 0.435 e. The van der Waals surface area contributed by atoms with E-state index in [-0.39, 0.29) is 6.10 Å². The second kappa shape index (κ2) is 6.93. The highest BCUT2D eigenvalue weighted by Crippen LogP contribution is 2.27. The van der Waals surface area contributed by atoms with Gasteiger partial charge in [-0.05, 0) is 43.7 Å². The number of halogens is 3. The van der Waals surface area contributed by atoms with E-state index in [1.54, 1.807) is 19.1 Å². The Hall–Kier alpha value is -1.86. The summed E-state index contributed by atoms with van der Waals surface area (Å²) in [6.07, 6.45) is -2.80. The summed E-state index contributed by atoms with van der Waals surface area (Å²) in [6.45, 7) is 3.07. The van der Waals surface area contributed by atoms with Crippen LogP contribution in [0.4, 0.5) is 13.2 Å². The van der Waals surface area contributed by atoms with Crippen LogP contribution in [0, 0.1) is 0 Å². The van der Waals surface area contributed by atoms with E-state index in [1.807, 2.05) is 12.1 Å². The van der Waals surface area contributed by atoms with Crippen molar-refractivity contribution in [2.45, 2.75) is 32.2 Å². The van der Waals surface area contributed by atoms with E-state index in [9.17, 15) is 13.2 Å². The predicted molar refractivity (Wildman–Crippen MR) is 76.6 cm³/mol. The fraction of sp³-hybridized carbons (Fsp3) is 0.400. The van der Waals surface area contributed by atoms with E-state index in [0.717, 1.165) is 11.6 Å². The predicted octanol–water partition coefficient (Wildman–Crippen LogP) is 2.75. The normalized spacial score (nSPS) is 13.3. The molecule has 1 heterocycles. The molecule has 0 aliphatic carbocycles. The highest BCUT2D eigenvalue weighted by atomic mass is 19.4. The van der Waals surface area contributed by atoms with E-state index >= 15 is 0 Å². The molecule has 0 spiro atoms. The van der Waals surface area contributed by atoms with Gasteiger partial charge in [0.1, 0.15) is 0 Å². The number of nitrogens with one attached hydrogen (secondary N) is 1. The van der Waals surface area contributed by atoms with Gasteiger partial charge >= 0.3 is 6.18 Å². The minimum absolute atomic E-state index is 0.336. The van der Waals surface area contributed by atoms with Gasteiger partial charge in [-0.25, -0.2) is 4.68 Å². The molecule has 0 aliphatic heterocycles. The van der Waals surface area contributed by atoms with Crippen molar-refractivity contribution in [3.05, 3.63) is 47.8 Å². The lowest BCUT2D eigenvalue weighted by Gasteiger charge is -2.08. The van der Waals surface area contributed by atoms with E-state index < -0.39 is 11.9 Å². The third-order valence-corrected chi connectivity index (χ3v) is 3.15. The summed E-state index contributed by atoms with van der Waals surface area (Å²) in [5.41, 5.74) is 0.678. The maximum Gasteiger partial charge on any atom is 0.435 e. The zero-order valence-corrected chi connectivity index (χ0v) is 12.1. The summed E-state index contributed by atoms with van der Waals surface area (Å²) >= 11 is 0. The molecule has 2 N–H and O–H groups in total. The summed E-state index contributed by atoms with van der Waals surface area (Å²) < 4.78 is 38.7. The number of alkyl halides is 3. The maximum atomic E-state index is 12.5. The van der Waals surface area contributed by atoms with Crippen molar-refractivity contribution in [2.75, 3.05) is 6.54 Å².